The molecule has 0 aromatic heterocycles. The second-order valence-corrected chi connectivity index (χ2v) is 10.4. The van der Waals surface area contributed by atoms with Gasteiger partial charge in [0.05, 0.1) is 17.1 Å². The molecular weight excluding hydrogens is 439 g/mol. The van der Waals surface area contributed by atoms with Crippen molar-refractivity contribution in [3.63, 3.8) is 0 Å². The Labute approximate surface area is 176 Å². The van der Waals surface area contributed by atoms with Crippen molar-refractivity contribution in [2.24, 2.45) is 0 Å². The number of amides is 2. The van der Waals surface area contributed by atoms with Gasteiger partial charge in [0.25, 0.3) is 10.0 Å². The van der Waals surface area contributed by atoms with E-state index in [1.165, 1.54) is 52.0 Å². The third kappa shape index (κ3) is 5.94. The van der Waals surface area contributed by atoms with E-state index in [-0.39, 0.29) is 14.1 Å². The molecule has 0 saturated heterocycles. The molecule has 1 rings (SSSR count). The molecular formula is C17H27N2O9PS. The van der Waals surface area contributed by atoms with E-state index in [9.17, 15) is 22.6 Å². The van der Waals surface area contributed by atoms with Crippen LogP contribution in [0.25, 0.3) is 0 Å². The lowest BCUT2D eigenvalue weighted by molar-refractivity contribution is 0.0238. The minimum Gasteiger partial charge on any atom is -0.445 e. The van der Waals surface area contributed by atoms with E-state index in [0.29, 0.717) is 0 Å². The lowest BCUT2D eigenvalue weighted by Crippen LogP contribution is -2.52. The van der Waals surface area contributed by atoms with Crippen molar-refractivity contribution in [3.05, 3.63) is 29.8 Å². The van der Waals surface area contributed by atoms with Crippen molar-refractivity contribution in [2.45, 2.75) is 51.7 Å². The highest BCUT2D eigenvalue weighted by atomic mass is 32.2. The predicted octanol–water partition coefficient (Wildman–Crippen LogP) is 3.69. The molecule has 0 unspecified atom stereocenters. The first-order valence-corrected chi connectivity index (χ1v) is 11.8. The van der Waals surface area contributed by atoms with Gasteiger partial charge in [0.1, 0.15) is 0 Å². The zero-order valence-corrected chi connectivity index (χ0v) is 19.6. The number of nitrogens with zero attached hydrogens (tertiary/aromatic N) is 2. The number of hydrogen-bond acceptors (Lipinski definition) is 9. The number of carbonyl (C=O) groups excluding carboxylic acids is 2. The van der Waals surface area contributed by atoms with Crippen LogP contribution in [0.1, 0.15) is 33.3 Å². The summed E-state index contributed by atoms with van der Waals surface area (Å²) in [5.74, 6) is 0. The van der Waals surface area contributed by atoms with Gasteiger partial charge >= 0.3 is 19.9 Å². The third-order valence-corrected chi connectivity index (χ3v) is 6.89. The molecule has 1 aromatic carbocycles. The molecule has 0 N–H and O–H groups in total. The summed E-state index contributed by atoms with van der Waals surface area (Å²) >= 11 is 0. The Morgan fingerprint density at radius 2 is 1.33 bits per heavy atom. The molecule has 0 aliphatic carbocycles. The molecule has 170 valence electrons. The Morgan fingerprint density at radius 3 is 1.73 bits per heavy atom. The van der Waals surface area contributed by atoms with Crippen molar-refractivity contribution in [3.8, 4) is 0 Å². The highest BCUT2D eigenvalue weighted by Crippen LogP contribution is 2.53. The van der Waals surface area contributed by atoms with Crippen LogP contribution in [0.5, 0.6) is 0 Å². The van der Waals surface area contributed by atoms with Gasteiger partial charge in [-0.3, -0.25) is 9.05 Å². The largest absolute Gasteiger partial charge is 0.459 e. The van der Waals surface area contributed by atoms with Crippen molar-refractivity contribution in [2.75, 3.05) is 14.2 Å². The van der Waals surface area contributed by atoms with Crippen LogP contribution in [0.4, 0.5) is 9.59 Å². The molecule has 0 bridgehead atoms. The first kappa shape index (κ1) is 25.9. The SMILES string of the molecule is COP(=O)(OC)N(C(=O)OC(C)C)N(C(=O)OC(C)C)S(=O)(=O)c1ccc(C)cc1. The summed E-state index contributed by atoms with van der Waals surface area (Å²) in [6.45, 7) is 7.63. The standard InChI is InChI=1S/C17H27N2O9PS/c1-12(2)27-16(20)18(29(22,25-6)26-7)19(17(21)28-13(3)4)30(23,24)15-10-8-14(5)9-11-15/h8-13H,1-7H3. The Bertz CT molecular complexity index is 892. The summed E-state index contributed by atoms with van der Waals surface area (Å²) in [7, 11) is -7.63. The molecule has 0 radical (unpaired) electrons. The van der Waals surface area contributed by atoms with Crippen LogP contribution < -0.4 is 0 Å². The smallest absolute Gasteiger partial charge is 0.445 e. The van der Waals surface area contributed by atoms with Gasteiger partial charge in [-0.2, -0.15) is 8.42 Å². The van der Waals surface area contributed by atoms with Crippen LogP contribution in [0.2, 0.25) is 0 Å². The number of hydrogen-bond donors (Lipinski definition) is 0. The van der Waals surface area contributed by atoms with Crippen molar-refractivity contribution in [1.82, 2.24) is 9.19 Å². The van der Waals surface area contributed by atoms with E-state index in [2.05, 4.69) is 0 Å². The van der Waals surface area contributed by atoms with E-state index >= 15 is 0 Å². The highest BCUT2D eigenvalue weighted by Gasteiger charge is 2.51. The van der Waals surface area contributed by atoms with E-state index in [0.717, 1.165) is 19.8 Å². The molecule has 1 aromatic rings. The summed E-state index contributed by atoms with van der Waals surface area (Å²) in [6.07, 6.45) is -4.46. The second-order valence-electron chi connectivity index (χ2n) is 6.55. The summed E-state index contributed by atoms with van der Waals surface area (Å²) in [4.78, 5) is 25.2. The minimum absolute atomic E-state index is 0.00704. The molecule has 0 aliphatic heterocycles. The second kappa shape index (κ2) is 10.3. The predicted molar refractivity (Wildman–Crippen MR) is 107 cm³/mol. The Balaban J connectivity index is 3.77. The summed E-state index contributed by atoms with van der Waals surface area (Å²) < 4.78 is 59.2. The van der Waals surface area contributed by atoms with Gasteiger partial charge in [-0.1, -0.05) is 26.9 Å². The number of ether oxygens (including phenoxy) is 2. The van der Waals surface area contributed by atoms with Crippen LogP contribution in [0.15, 0.2) is 29.2 Å². The maximum absolute atomic E-state index is 13.3. The van der Waals surface area contributed by atoms with E-state index in [1.54, 1.807) is 6.92 Å². The lowest BCUT2D eigenvalue weighted by Gasteiger charge is -2.35. The molecule has 13 heteroatoms. The Morgan fingerprint density at radius 1 is 0.900 bits per heavy atom. The molecule has 0 fully saturated rings. The Kier molecular flexibility index (Phi) is 8.85. The number of aryl methyl sites for hydroxylation is 1. The zero-order valence-electron chi connectivity index (χ0n) is 17.9. The van der Waals surface area contributed by atoms with Gasteiger partial charge in [0, 0.05) is 14.2 Å². The maximum atomic E-state index is 13.3. The van der Waals surface area contributed by atoms with Crippen LogP contribution >= 0.6 is 7.75 Å². The van der Waals surface area contributed by atoms with Crippen LogP contribution in [-0.2, 0) is 33.1 Å². The van der Waals surface area contributed by atoms with Gasteiger partial charge < -0.3 is 9.47 Å². The Hall–Kier alpha value is -2.14. The molecule has 30 heavy (non-hydrogen) atoms. The lowest BCUT2D eigenvalue weighted by atomic mass is 10.2. The van der Waals surface area contributed by atoms with Gasteiger partial charge in [-0.05, 0) is 46.8 Å². The molecule has 0 heterocycles. The number of carbonyl (C=O) groups is 2. The molecule has 0 atom stereocenters. The highest BCUT2D eigenvalue weighted by molar-refractivity contribution is 7.89. The van der Waals surface area contributed by atoms with E-state index in [1.807, 2.05) is 0 Å². The molecule has 2 amide bonds. The van der Waals surface area contributed by atoms with Gasteiger partial charge in [-0.15, -0.1) is 0 Å². The van der Waals surface area contributed by atoms with Crippen molar-refractivity contribution in [1.29, 1.82) is 0 Å². The average Bonchev–Trinajstić information content (AvgIpc) is 2.64. The summed E-state index contributed by atoms with van der Waals surface area (Å²) in [5.41, 5.74) is 0.751. The first-order chi connectivity index (χ1) is 13.8. The molecule has 0 aliphatic rings. The monoisotopic (exact) mass is 466 g/mol. The van der Waals surface area contributed by atoms with Crippen LogP contribution in [-0.4, -0.2) is 56.2 Å². The first-order valence-electron chi connectivity index (χ1n) is 8.85. The fraction of sp³-hybridized carbons (Fsp3) is 0.529. The molecule has 0 saturated carbocycles. The molecule has 0 spiro atoms. The van der Waals surface area contributed by atoms with Gasteiger partial charge in [0.15, 0.2) is 0 Å². The number of rotatable bonds is 7. The van der Waals surface area contributed by atoms with E-state index < -0.39 is 42.2 Å². The topological polar surface area (TPSA) is 129 Å². The number of benzene rings is 1. The fourth-order valence-corrected chi connectivity index (χ4v) is 4.81. The van der Waals surface area contributed by atoms with Crippen molar-refractivity contribution < 1.29 is 41.1 Å². The normalized spacial score (nSPS) is 12.0. The van der Waals surface area contributed by atoms with Gasteiger partial charge in [0.2, 0.25) is 0 Å². The summed E-state index contributed by atoms with van der Waals surface area (Å²) in [6, 6.07) is 5.41. The number of hydrazine groups is 1. The van der Waals surface area contributed by atoms with E-state index in [4.69, 9.17) is 18.5 Å². The molecule has 11 nitrogen and oxygen atoms in total. The maximum Gasteiger partial charge on any atom is 0.459 e. The van der Waals surface area contributed by atoms with Gasteiger partial charge in [-0.25, -0.2) is 14.2 Å². The summed E-state index contributed by atoms with van der Waals surface area (Å²) in [5, 5.41) is 0. The average molecular weight is 466 g/mol. The number of sulfonamides is 1. The zero-order chi connectivity index (χ0) is 23.3. The third-order valence-electron chi connectivity index (χ3n) is 3.40. The van der Waals surface area contributed by atoms with Crippen LogP contribution in [0.3, 0.4) is 0 Å². The fourth-order valence-electron chi connectivity index (χ4n) is 2.09. The van der Waals surface area contributed by atoms with Crippen molar-refractivity contribution >= 4 is 30.0 Å². The quantitative estimate of drug-likeness (QED) is 0.436. The minimum atomic E-state index is -4.79. The van der Waals surface area contributed by atoms with Crippen LogP contribution in [0, 0.1) is 6.92 Å².